The van der Waals surface area contributed by atoms with Gasteiger partial charge in [-0.2, -0.15) is 13.2 Å². The molecule has 0 aromatic carbocycles. The van der Waals surface area contributed by atoms with Gasteiger partial charge in [0.05, 0.1) is 0 Å². The lowest BCUT2D eigenvalue weighted by atomic mass is 10.0. The van der Waals surface area contributed by atoms with Gasteiger partial charge in [-0.15, -0.1) is 10.2 Å². The Labute approximate surface area is 113 Å². The van der Waals surface area contributed by atoms with Gasteiger partial charge < -0.3 is 5.11 Å². The molecule has 9 heteroatoms. The molecule has 6 nitrogen and oxygen atoms in total. The number of aliphatic hydroxyl groups is 1. The highest BCUT2D eigenvalue weighted by Crippen LogP contribution is 2.26. The fraction of sp³-hybridized carbons (Fsp3) is 0.545. The van der Waals surface area contributed by atoms with Crippen LogP contribution in [0.1, 0.15) is 32.4 Å². The predicted molar refractivity (Wildman–Crippen MR) is 64.3 cm³/mol. The summed E-state index contributed by atoms with van der Waals surface area (Å²) in [7, 11) is 0. The van der Waals surface area contributed by atoms with E-state index in [0.29, 0.717) is 6.42 Å². The van der Waals surface area contributed by atoms with Gasteiger partial charge >= 0.3 is 6.18 Å². The zero-order valence-corrected chi connectivity index (χ0v) is 11.0. The molecular weight excluding hydrogens is 277 g/mol. The number of rotatable bonds is 5. The molecule has 0 fully saturated rings. The molecule has 20 heavy (non-hydrogen) atoms. The van der Waals surface area contributed by atoms with Crippen LogP contribution >= 0.6 is 0 Å². The van der Waals surface area contributed by atoms with Crippen LogP contribution in [0.5, 0.6) is 0 Å². The molecule has 0 radical (unpaired) electrons. The minimum absolute atomic E-state index is 0.0707. The molecular formula is C11H15F3N4O2. The summed E-state index contributed by atoms with van der Waals surface area (Å²) in [5.41, 5.74) is 1.75. The monoisotopic (exact) mass is 292 g/mol. The number of alkyl halides is 3. The summed E-state index contributed by atoms with van der Waals surface area (Å²) in [6, 6.07) is 1.75. The largest absolute Gasteiger partial charge is 0.435 e. The minimum Gasteiger partial charge on any atom is -0.380 e. The zero-order chi connectivity index (χ0) is 15.4. The van der Waals surface area contributed by atoms with Crippen molar-refractivity contribution in [2.75, 3.05) is 5.43 Å². The second kappa shape index (κ2) is 6.04. The first kappa shape index (κ1) is 16.2. The van der Waals surface area contributed by atoms with E-state index in [9.17, 15) is 23.1 Å². The van der Waals surface area contributed by atoms with Gasteiger partial charge in [-0.3, -0.25) is 15.6 Å². The van der Waals surface area contributed by atoms with E-state index >= 15 is 0 Å². The van der Waals surface area contributed by atoms with E-state index in [1.807, 2.05) is 0 Å². The van der Waals surface area contributed by atoms with E-state index in [1.165, 1.54) is 6.92 Å². The fourth-order valence-corrected chi connectivity index (χ4v) is 1.41. The van der Waals surface area contributed by atoms with Crippen LogP contribution in [0.4, 0.5) is 19.0 Å². The molecule has 0 aliphatic rings. The smallest absolute Gasteiger partial charge is 0.380 e. The minimum atomic E-state index is -4.57. The molecule has 0 saturated heterocycles. The SMILES string of the molecule is CCCC(C)(O)C(=O)NNc1ccc(C(F)(F)F)nn1. The van der Waals surface area contributed by atoms with E-state index in [4.69, 9.17) is 0 Å². The van der Waals surface area contributed by atoms with Crippen molar-refractivity contribution < 1.29 is 23.1 Å². The number of aromatic nitrogens is 2. The maximum atomic E-state index is 12.2. The molecule has 1 heterocycles. The molecule has 0 bridgehead atoms. The van der Waals surface area contributed by atoms with E-state index in [2.05, 4.69) is 21.0 Å². The average molecular weight is 292 g/mol. The summed E-state index contributed by atoms with van der Waals surface area (Å²) < 4.78 is 36.7. The fourth-order valence-electron chi connectivity index (χ4n) is 1.41. The lowest BCUT2D eigenvalue weighted by Crippen LogP contribution is -2.46. The van der Waals surface area contributed by atoms with Crippen LogP contribution in [-0.2, 0) is 11.0 Å². The first-order chi connectivity index (χ1) is 9.16. The van der Waals surface area contributed by atoms with Crippen molar-refractivity contribution in [3.8, 4) is 0 Å². The standard InChI is InChI=1S/C11H15F3N4O2/c1-3-6-10(2,20)9(19)18-17-8-5-4-7(15-16-8)11(12,13)14/h4-5,20H,3,6H2,1-2H3,(H,16,17)(H,18,19). The van der Waals surface area contributed by atoms with E-state index in [-0.39, 0.29) is 12.2 Å². The number of hydrazine groups is 1. The number of nitrogens with zero attached hydrogens (tertiary/aromatic N) is 2. The van der Waals surface area contributed by atoms with E-state index in [0.717, 1.165) is 12.1 Å². The molecule has 1 unspecified atom stereocenters. The highest BCUT2D eigenvalue weighted by Gasteiger charge is 2.33. The second-order valence-electron chi connectivity index (χ2n) is 4.40. The number of halogens is 3. The second-order valence-corrected chi connectivity index (χ2v) is 4.40. The lowest BCUT2D eigenvalue weighted by molar-refractivity contribution is -0.141. The predicted octanol–water partition coefficient (Wildman–Crippen LogP) is 1.49. The Bertz CT molecular complexity index is 460. The van der Waals surface area contributed by atoms with Crippen LogP contribution in [0, 0.1) is 0 Å². The third-order valence-electron chi connectivity index (χ3n) is 2.49. The first-order valence-electron chi connectivity index (χ1n) is 5.86. The third kappa shape index (κ3) is 4.34. The van der Waals surface area contributed by atoms with Crippen molar-refractivity contribution in [1.82, 2.24) is 15.6 Å². The summed E-state index contributed by atoms with van der Waals surface area (Å²) in [6.45, 7) is 3.14. The molecule has 1 amide bonds. The van der Waals surface area contributed by atoms with Gasteiger partial charge in [0.1, 0.15) is 5.60 Å². The third-order valence-corrected chi connectivity index (χ3v) is 2.49. The molecule has 1 rings (SSSR count). The zero-order valence-electron chi connectivity index (χ0n) is 11.0. The number of carbonyl (C=O) groups excluding carboxylic acids is 1. The lowest BCUT2D eigenvalue weighted by Gasteiger charge is -2.21. The Morgan fingerprint density at radius 3 is 2.45 bits per heavy atom. The van der Waals surface area contributed by atoms with Gasteiger partial charge in [-0.05, 0) is 25.5 Å². The Balaban J connectivity index is 2.61. The maximum absolute atomic E-state index is 12.2. The molecule has 3 N–H and O–H groups in total. The van der Waals surface area contributed by atoms with Crippen LogP contribution in [0.3, 0.4) is 0 Å². The summed E-state index contributed by atoms with van der Waals surface area (Å²) in [5, 5.41) is 16.0. The highest BCUT2D eigenvalue weighted by molar-refractivity contribution is 5.85. The number of anilines is 1. The molecule has 0 spiro atoms. The van der Waals surface area contributed by atoms with Crippen LogP contribution in [0.2, 0.25) is 0 Å². The first-order valence-corrected chi connectivity index (χ1v) is 5.86. The number of hydrogen-bond acceptors (Lipinski definition) is 5. The van der Waals surface area contributed by atoms with Crippen LogP contribution in [0.25, 0.3) is 0 Å². The van der Waals surface area contributed by atoms with Crippen LogP contribution < -0.4 is 10.9 Å². The molecule has 1 aromatic heterocycles. The van der Waals surface area contributed by atoms with Gasteiger partial charge in [-0.25, -0.2) is 0 Å². The van der Waals surface area contributed by atoms with E-state index < -0.39 is 23.4 Å². The van der Waals surface area contributed by atoms with Gasteiger partial charge in [0.2, 0.25) is 0 Å². The van der Waals surface area contributed by atoms with Crippen molar-refractivity contribution in [2.24, 2.45) is 0 Å². The molecule has 1 aromatic rings. The van der Waals surface area contributed by atoms with E-state index in [1.54, 1.807) is 6.92 Å². The normalized spacial score (nSPS) is 14.5. The molecule has 112 valence electrons. The van der Waals surface area contributed by atoms with Gasteiger partial charge in [0.25, 0.3) is 5.91 Å². The topological polar surface area (TPSA) is 87.1 Å². The van der Waals surface area contributed by atoms with Crippen LogP contribution in [-0.4, -0.2) is 26.8 Å². The number of carbonyl (C=O) groups is 1. The number of nitrogens with one attached hydrogen (secondary N) is 2. The Hall–Kier alpha value is -1.90. The molecule has 1 atom stereocenters. The van der Waals surface area contributed by atoms with Crippen molar-refractivity contribution in [3.05, 3.63) is 17.8 Å². The molecule has 0 aliphatic heterocycles. The van der Waals surface area contributed by atoms with Gasteiger partial charge in [-0.1, -0.05) is 13.3 Å². The van der Waals surface area contributed by atoms with Crippen molar-refractivity contribution >= 4 is 11.7 Å². The summed E-state index contributed by atoms with van der Waals surface area (Å²) in [5.74, 6) is -0.778. The molecule has 0 aliphatic carbocycles. The van der Waals surface area contributed by atoms with Crippen molar-refractivity contribution in [3.63, 3.8) is 0 Å². The van der Waals surface area contributed by atoms with Crippen molar-refractivity contribution in [1.29, 1.82) is 0 Å². The quantitative estimate of drug-likeness (QED) is 0.716. The van der Waals surface area contributed by atoms with Crippen molar-refractivity contribution in [2.45, 2.75) is 38.5 Å². The summed E-state index contributed by atoms with van der Waals surface area (Å²) in [6.07, 6.45) is -3.72. The highest BCUT2D eigenvalue weighted by atomic mass is 19.4. The number of hydrogen-bond donors (Lipinski definition) is 3. The van der Waals surface area contributed by atoms with Gasteiger partial charge in [0.15, 0.2) is 11.5 Å². The summed E-state index contributed by atoms with van der Waals surface area (Å²) >= 11 is 0. The number of amides is 1. The Morgan fingerprint density at radius 1 is 1.35 bits per heavy atom. The van der Waals surface area contributed by atoms with Crippen LogP contribution in [0.15, 0.2) is 12.1 Å². The average Bonchev–Trinajstić information content (AvgIpc) is 2.35. The summed E-state index contributed by atoms with van der Waals surface area (Å²) in [4.78, 5) is 11.6. The Kier molecular flexibility index (Phi) is 4.88. The molecule has 0 saturated carbocycles. The Morgan fingerprint density at radius 2 is 2.00 bits per heavy atom. The van der Waals surface area contributed by atoms with Gasteiger partial charge in [0, 0.05) is 0 Å². The maximum Gasteiger partial charge on any atom is 0.435 e.